The van der Waals surface area contributed by atoms with E-state index in [1.807, 2.05) is 24.3 Å². The first-order valence-electron chi connectivity index (χ1n) is 6.58. The molecule has 1 aromatic rings. The summed E-state index contributed by atoms with van der Waals surface area (Å²) in [5.41, 5.74) is 0.932. The van der Waals surface area contributed by atoms with Crippen molar-refractivity contribution in [1.29, 1.82) is 0 Å². The maximum Gasteiger partial charge on any atom is 0.119 e. The third-order valence-corrected chi connectivity index (χ3v) is 2.56. The molecule has 102 valence electrons. The summed E-state index contributed by atoms with van der Waals surface area (Å²) in [6, 6.07) is 7.65. The van der Waals surface area contributed by atoms with E-state index in [2.05, 4.69) is 33.0 Å². The highest BCUT2D eigenvalue weighted by Crippen LogP contribution is 2.18. The van der Waals surface area contributed by atoms with Gasteiger partial charge in [0.1, 0.15) is 5.75 Å². The van der Waals surface area contributed by atoms with Crippen LogP contribution >= 0.6 is 0 Å². The minimum absolute atomic E-state index is 0.0190. The topological polar surface area (TPSA) is 41.5 Å². The van der Waals surface area contributed by atoms with Crippen LogP contribution in [0.15, 0.2) is 24.3 Å². The standard InChI is InChI=1S/C15H25NO2/c1-5-10-18-13-8-6-12(7-9-13)14(17)11-16-15(2,3)4/h6-9,14,16-17H,5,10-11H2,1-4H3. The summed E-state index contributed by atoms with van der Waals surface area (Å²) in [7, 11) is 0. The molecule has 0 amide bonds. The monoisotopic (exact) mass is 251 g/mol. The fourth-order valence-electron chi connectivity index (χ4n) is 1.53. The lowest BCUT2D eigenvalue weighted by molar-refractivity contribution is 0.163. The van der Waals surface area contributed by atoms with Crippen LogP contribution in [-0.4, -0.2) is 23.8 Å². The average Bonchev–Trinajstić information content (AvgIpc) is 2.33. The zero-order valence-corrected chi connectivity index (χ0v) is 11.9. The summed E-state index contributed by atoms with van der Waals surface area (Å²) in [6.45, 7) is 9.62. The van der Waals surface area contributed by atoms with Gasteiger partial charge >= 0.3 is 0 Å². The number of hydrogen-bond acceptors (Lipinski definition) is 3. The molecule has 0 aromatic heterocycles. The van der Waals surface area contributed by atoms with Crippen molar-refractivity contribution >= 4 is 0 Å². The average molecular weight is 251 g/mol. The van der Waals surface area contributed by atoms with Gasteiger partial charge in [-0.2, -0.15) is 0 Å². The molecule has 0 radical (unpaired) electrons. The largest absolute Gasteiger partial charge is 0.494 e. The van der Waals surface area contributed by atoms with E-state index in [0.717, 1.165) is 24.3 Å². The molecule has 0 heterocycles. The molecular formula is C15H25NO2. The summed E-state index contributed by atoms with van der Waals surface area (Å²) in [5.74, 6) is 0.858. The van der Waals surface area contributed by atoms with Gasteiger partial charge < -0.3 is 15.2 Å². The van der Waals surface area contributed by atoms with E-state index in [-0.39, 0.29) is 5.54 Å². The van der Waals surface area contributed by atoms with E-state index in [1.54, 1.807) is 0 Å². The number of aliphatic hydroxyl groups is 1. The van der Waals surface area contributed by atoms with Gasteiger partial charge in [-0.15, -0.1) is 0 Å². The Balaban J connectivity index is 2.51. The zero-order chi connectivity index (χ0) is 13.6. The summed E-state index contributed by atoms with van der Waals surface area (Å²) in [5, 5.41) is 13.3. The lowest BCUT2D eigenvalue weighted by atomic mass is 10.1. The first-order chi connectivity index (χ1) is 8.42. The normalized spacial score (nSPS) is 13.4. The minimum Gasteiger partial charge on any atom is -0.494 e. The molecule has 0 aliphatic heterocycles. The molecule has 18 heavy (non-hydrogen) atoms. The van der Waals surface area contributed by atoms with Crippen LogP contribution in [0, 0.1) is 0 Å². The summed E-state index contributed by atoms with van der Waals surface area (Å²) < 4.78 is 5.51. The smallest absolute Gasteiger partial charge is 0.119 e. The lowest BCUT2D eigenvalue weighted by Crippen LogP contribution is -2.38. The Labute approximate surface area is 110 Å². The Hall–Kier alpha value is -1.06. The van der Waals surface area contributed by atoms with Gasteiger partial charge in [-0.3, -0.25) is 0 Å². The van der Waals surface area contributed by atoms with Gasteiger partial charge in [0.2, 0.25) is 0 Å². The van der Waals surface area contributed by atoms with Crippen molar-refractivity contribution in [3.8, 4) is 5.75 Å². The number of rotatable bonds is 6. The molecule has 3 heteroatoms. The van der Waals surface area contributed by atoms with Gasteiger partial charge in [-0.05, 0) is 44.9 Å². The second-order valence-corrected chi connectivity index (χ2v) is 5.56. The molecule has 0 saturated heterocycles. The third kappa shape index (κ3) is 5.52. The molecule has 1 atom stereocenters. The first kappa shape index (κ1) is 15.0. The van der Waals surface area contributed by atoms with E-state index in [4.69, 9.17) is 4.74 Å². The van der Waals surface area contributed by atoms with Crippen molar-refractivity contribution in [1.82, 2.24) is 5.32 Å². The predicted molar refractivity (Wildman–Crippen MR) is 74.9 cm³/mol. The molecule has 2 N–H and O–H groups in total. The Bertz CT molecular complexity index is 341. The number of β-amino-alcohol motifs (C(OH)–C–C–N with tert-alkyl or cyclic N) is 1. The summed E-state index contributed by atoms with van der Waals surface area (Å²) in [6.07, 6.45) is 0.518. The van der Waals surface area contributed by atoms with Crippen LogP contribution in [0.3, 0.4) is 0 Å². The maximum absolute atomic E-state index is 10.0. The Kier molecular flexibility index (Phi) is 5.63. The predicted octanol–water partition coefficient (Wildman–Crippen LogP) is 2.90. The Morgan fingerprint density at radius 3 is 2.33 bits per heavy atom. The Morgan fingerprint density at radius 2 is 1.83 bits per heavy atom. The Morgan fingerprint density at radius 1 is 1.22 bits per heavy atom. The molecule has 3 nitrogen and oxygen atoms in total. The minimum atomic E-state index is -0.482. The van der Waals surface area contributed by atoms with Crippen LogP contribution in [0.25, 0.3) is 0 Å². The highest BCUT2D eigenvalue weighted by Gasteiger charge is 2.13. The molecule has 0 fully saturated rings. The van der Waals surface area contributed by atoms with Crippen molar-refractivity contribution in [3.05, 3.63) is 29.8 Å². The molecule has 0 bridgehead atoms. The van der Waals surface area contributed by atoms with E-state index < -0.39 is 6.10 Å². The molecular weight excluding hydrogens is 226 g/mol. The van der Waals surface area contributed by atoms with Crippen molar-refractivity contribution in [2.45, 2.75) is 45.8 Å². The molecule has 0 saturated carbocycles. The number of benzene rings is 1. The summed E-state index contributed by atoms with van der Waals surface area (Å²) >= 11 is 0. The fourth-order valence-corrected chi connectivity index (χ4v) is 1.53. The van der Waals surface area contributed by atoms with Gasteiger partial charge in [0.25, 0.3) is 0 Å². The summed E-state index contributed by atoms with van der Waals surface area (Å²) in [4.78, 5) is 0. The molecule has 1 aromatic carbocycles. The number of aliphatic hydroxyl groups excluding tert-OH is 1. The van der Waals surface area contributed by atoms with E-state index in [0.29, 0.717) is 6.54 Å². The van der Waals surface area contributed by atoms with Gasteiger partial charge in [0, 0.05) is 12.1 Å². The van der Waals surface area contributed by atoms with Gasteiger partial charge in [0.05, 0.1) is 12.7 Å². The maximum atomic E-state index is 10.0. The van der Waals surface area contributed by atoms with Crippen LogP contribution in [0.5, 0.6) is 5.75 Å². The number of hydrogen-bond donors (Lipinski definition) is 2. The number of ether oxygens (including phenoxy) is 1. The van der Waals surface area contributed by atoms with Crippen molar-refractivity contribution in [3.63, 3.8) is 0 Å². The van der Waals surface area contributed by atoms with Crippen LogP contribution in [0.4, 0.5) is 0 Å². The molecule has 1 rings (SSSR count). The van der Waals surface area contributed by atoms with Gasteiger partial charge in [0.15, 0.2) is 0 Å². The van der Waals surface area contributed by atoms with Crippen molar-refractivity contribution in [2.24, 2.45) is 0 Å². The fraction of sp³-hybridized carbons (Fsp3) is 0.600. The molecule has 1 unspecified atom stereocenters. The second kappa shape index (κ2) is 6.76. The SMILES string of the molecule is CCCOc1ccc(C(O)CNC(C)(C)C)cc1. The third-order valence-electron chi connectivity index (χ3n) is 2.56. The first-order valence-corrected chi connectivity index (χ1v) is 6.58. The quantitative estimate of drug-likeness (QED) is 0.817. The van der Waals surface area contributed by atoms with Crippen LogP contribution in [0.2, 0.25) is 0 Å². The second-order valence-electron chi connectivity index (χ2n) is 5.56. The van der Waals surface area contributed by atoms with Crippen molar-refractivity contribution < 1.29 is 9.84 Å². The van der Waals surface area contributed by atoms with E-state index >= 15 is 0 Å². The number of nitrogens with one attached hydrogen (secondary N) is 1. The lowest BCUT2D eigenvalue weighted by Gasteiger charge is -2.23. The van der Waals surface area contributed by atoms with E-state index in [9.17, 15) is 5.11 Å². The van der Waals surface area contributed by atoms with Crippen LogP contribution in [0.1, 0.15) is 45.8 Å². The molecule has 0 aliphatic rings. The van der Waals surface area contributed by atoms with E-state index in [1.165, 1.54) is 0 Å². The van der Waals surface area contributed by atoms with Crippen LogP contribution < -0.4 is 10.1 Å². The molecule has 0 spiro atoms. The van der Waals surface area contributed by atoms with Gasteiger partial charge in [-0.1, -0.05) is 19.1 Å². The zero-order valence-electron chi connectivity index (χ0n) is 11.9. The van der Waals surface area contributed by atoms with Crippen molar-refractivity contribution in [2.75, 3.05) is 13.2 Å². The van der Waals surface area contributed by atoms with Crippen LogP contribution in [-0.2, 0) is 0 Å². The highest BCUT2D eigenvalue weighted by atomic mass is 16.5. The van der Waals surface area contributed by atoms with Gasteiger partial charge in [-0.25, -0.2) is 0 Å². The molecule has 0 aliphatic carbocycles. The highest BCUT2D eigenvalue weighted by molar-refractivity contribution is 5.28.